The number of carboxylic acid groups (broad SMARTS) is 2. The van der Waals surface area contributed by atoms with E-state index in [-0.39, 0.29) is 0 Å². The second kappa shape index (κ2) is 4.44. The zero-order valence-corrected chi connectivity index (χ0v) is 11.6. The second-order valence-corrected chi connectivity index (χ2v) is 5.90. The van der Waals surface area contributed by atoms with Crippen molar-refractivity contribution < 1.29 is 19.8 Å². The standard InChI is InChI=1S/C18H14O4/c19-17(20)15-13-9-5-1-2-6-10(9)14(16(15)18(21)22)12-8-4-3-7-11(12)13/h1-8,13-16H,(H,19,20)(H,21,22)/p-2/t13?,14?,15-,16-/m0/s1. The molecule has 0 unspecified atom stereocenters. The smallest absolute Gasteiger partial charge is 0.0461 e. The first-order valence-electron chi connectivity index (χ1n) is 7.20. The minimum absolute atomic E-state index is 0.495. The lowest BCUT2D eigenvalue weighted by Gasteiger charge is -2.51. The summed E-state index contributed by atoms with van der Waals surface area (Å²) in [6, 6.07) is 14.9. The summed E-state index contributed by atoms with van der Waals surface area (Å²) in [6.45, 7) is 0. The quantitative estimate of drug-likeness (QED) is 0.781. The fraction of sp³-hybridized carbons (Fsp3) is 0.222. The molecule has 3 aliphatic rings. The summed E-state index contributed by atoms with van der Waals surface area (Å²) in [5.41, 5.74) is 3.55. The molecule has 0 aromatic heterocycles. The topological polar surface area (TPSA) is 80.3 Å². The number of rotatable bonds is 2. The third-order valence-corrected chi connectivity index (χ3v) is 4.98. The maximum atomic E-state index is 11.7. The lowest BCUT2D eigenvalue weighted by Crippen LogP contribution is -2.54. The molecular formula is C18H12O4-2. The molecule has 4 heteroatoms. The molecule has 0 saturated carbocycles. The Morgan fingerprint density at radius 3 is 1.14 bits per heavy atom. The van der Waals surface area contributed by atoms with Crippen LogP contribution < -0.4 is 10.2 Å². The van der Waals surface area contributed by atoms with Gasteiger partial charge in [0.15, 0.2) is 0 Å². The van der Waals surface area contributed by atoms with Gasteiger partial charge in [-0.3, -0.25) is 0 Å². The van der Waals surface area contributed by atoms with E-state index in [0.717, 1.165) is 22.3 Å². The molecule has 0 saturated heterocycles. The summed E-state index contributed by atoms with van der Waals surface area (Å²) in [5, 5.41) is 23.4. The molecule has 0 fully saturated rings. The highest BCUT2D eigenvalue weighted by molar-refractivity contribution is 5.84. The van der Waals surface area contributed by atoms with Gasteiger partial charge in [-0.15, -0.1) is 0 Å². The average Bonchev–Trinajstić information content (AvgIpc) is 2.53. The normalized spacial score (nSPS) is 27.8. The molecule has 110 valence electrons. The lowest BCUT2D eigenvalue weighted by molar-refractivity contribution is -0.328. The number of hydrogen-bond donors (Lipinski definition) is 0. The van der Waals surface area contributed by atoms with Crippen LogP contribution in [0.25, 0.3) is 0 Å². The van der Waals surface area contributed by atoms with Gasteiger partial charge >= 0.3 is 0 Å². The summed E-state index contributed by atoms with van der Waals surface area (Å²) in [5.74, 6) is -5.84. The molecule has 0 amide bonds. The summed E-state index contributed by atoms with van der Waals surface area (Å²) in [6.07, 6.45) is 0. The Balaban J connectivity index is 2.06. The fourth-order valence-corrected chi connectivity index (χ4v) is 4.24. The van der Waals surface area contributed by atoms with Crippen LogP contribution in [0.2, 0.25) is 0 Å². The number of hydrogen-bond acceptors (Lipinski definition) is 4. The van der Waals surface area contributed by atoms with Gasteiger partial charge in [0.1, 0.15) is 0 Å². The average molecular weight is 292 g/mol. The van der Waals surface area contributed by atoms with Crippen LogP contribution in [0.15, 0.2) is 48.5 Å². The van der Waals surface area contributed by atoms with Crippen molar-refractivity contribution in [3.05, 3.63) is 70.8 Å². The number of aliphatic carboxylic acids is 2. The van der Waals surface area contributed by atoms with E-state index in [9.17, 15) is 19.8 Å². The van der Waals surface area contributed by atoms with Crippen LogP contribution in [0.4, 0.5) is 0 Å². The Hall–Kier alpha value is -2.62. The van der Waals surface area contributed by atoms with Crippen molar-refractivity contribution >= 4 is 11.9 Å². The van der Waals surface area contributed by atoms with Gasteiger partial charge in [0.25, 0.3) is 0 Å². The maximum absolute atomic E-state index is 11.7. The van der Waals surface area contributed by atoms with E-state index in [0.29, 0.717) is 0 Å². The molecule has 2 aromatic rings. The summed E-state index contributed by atoms with van der Waals surface area (Å²) in [7, 11) is 0. The molecule has 0 radical (unpaired) electrons. The van der Waals surface area contributed by atoms with Crippen LogP contribution in [-0.2, 0) is 9.59 Å². The lowest BCUT2D eigenvalue weighted by atomic mass is 9.54. The Morgan fingerprint density at radius 2 is 0.909 bits per heavy atom. The molecule has 0 heterocycles. The molecule has 5 rings (SSSR count). The third kappa shape index (κ3) is 1.52. The molecular weight excluding hydrogens is 280 g/mol. The fourth-order valence-electron chi connectivity index (χ4n) is 4.24. The number of fused-ring (bicyclic) bond motifs is 1. The largest absolute Gasteiger partial charge is 0.550 e. The van der Waals surface area contributed by atoms with E-state index in [1.54, 1.807) is 0 Å². The van der Waals surface area contributed by atoms with Gasteiger partial charge in [0, 0.05) is 35.6 Å². The van der Waals surface area contributed by atoms with Crippen molar-refractivity contribution in [2.45, 2.75) is 11.8 Å². The van der Waals surface area contributed by atoms with E-state index in [1.807, 2.05) is 48.5 Å². The third-order valence-electron chi connectivity index (χ3n) is 4.98. The van der Waals surface area contributed by atoms with Gasteiger partial charge in [0.05, 0.1) is 0 Å². The minimum atomic E-state index is -1.33. The van der Waals surface area contributed by atoms with Gasteiger partial charge in [-0.25, -0.2) is 0 Å². The maximum Gasteiger partial charge on any atom is 0.0461 e. The molecule has 0 aliphatic heterocycles. The van der Waals surface area contributed by atoms with Crippen LogP contribution >= 0.6 is 0 Å². The first kappa shape index (κ1) is 13.1. The zero-order chi connectivity index (χ0) is 15.4. The molecule has 3 aliphatic carbocycles. The van der Waals surface area contributed by atoms with Crippen LogP contribution in [-0.4, -0.2) is 11.9 Å². The highest BCUT2D eigenvalue weighted by Gasteiger charge is 2.50. The van der Waals surface area contributed by atoms with Crippen molar-refractivity contribution in [2.24, 2.45) is 11.8 Å². The van der Waals surface area contributed by atoms with Gasteiger partial charge < -0.3 is 19.8 Å². The molecule has 0 spiro atoms. The molecule has 2 aromatic carbocycles. The molecule has 2 atom stereocenters. The number of carbonyl (C=O) groups excluding carboxylic acids is 2. The van der Waals surface area contributed by atoms with Crippen molar-refractivity contribution in [3.63, 3.8) is 0 Å². The number of benzene rings is 2. The Labute approximate surface area is 127 Å². The predicted octanol–water partition coefficient (Wildman–Crippen LogP) is 0.00960. The predicted molar refractivity (Wildman–Crippen MR) is 73.6 cm³/mol. The Kier molecular flexibility index (Phi) is 2.64. The Bertz CT molecular complexity index is 682. The summed E-state index contributed by atoms with van der Waals surface area (Å²) < 4.78 is 0. The monoisotopic (exact) mass is 292 g/mol. The van der Waals surface area contributed by atoms with E-state index < -0.39 is 35.6 Å². The van der Waals surface area contributed by atoms with Crippen molar-refractivity contribution in [1.82, 2.24) is 0 Å². The van der Waals surface area contributed by atoms with Crippen LogP contribution in [0.1, 0.15) is 34.1 Å². The van der Waals surface area contributed by atoms with Crippen LogP contribution in [0, 0.1) is 11.8 Å². The van der Waals surface area contributed by atoms with Crippen molar-refractivity contribution in [1.29, 1.82) is 0 Å². The molecule has 22 heavy (non-hydrogen) atoms. The highest BCUT2D eigenvalue weighted by atomic mass is 16.4. The number of carbonyl (C=O) groups is 2. The number of carboxylic acids is 2. The minimum Gasteiger partial charge on any atom is -0.550 e. The van der Waals surface area contributed by atoms with Crippen molar-refractivity contribution in [3.8, 4) is 0 Å². The van der Waals surface area contributed by atoms with E-state index in [1.165, 1.54) is 0 Å². The first-order valence-corrected chi connectivity index (χ1v) is 7.20. The van der Waals surface area contributed by atoms with E-state index >= 15 is 0 Å². The van der Waals surface area contributed by atoms with Gasteiger partial charge in [-0.2, -0.15) is 0 Å². The molecule has 0 N–H and O–H groups in total. The van der Waals surface area contributed by atoms with Crippen molar-refractivity contribution in [2.75, 3.05) is 0 Å². The highest BCUT2D eigenvalue weighted by Crippen LogP contribution is 2.57. The van der Waals surface area contributed by atoms with Crippen LogP contribution in [0.3, 0.4) is 0 Å². The zero-order valence-electron chi connectivity index (χ0n) is 11.6. The summed E-state index contributed by atoms with van der Waals surface area (Å²) >= 11 is 0. The van der Waals surface area contributed by atoms with E-state index in [2.05, 4.69) is 0 Å². The second-order valence-electron chi connectivity index (χ2n) is 5.90. The SMILES string of the molecule is O=C([O-])[C@H]1C2c3ccccc3C(c3ccccc32)[C@@H]1C(=O)[O-]. The molecule has 4 nitrogen and oxygen atoms in total. The van der Waals surface area contributed by atoms with Gasteiger partial charge in [0.2, 0.25) is 0 Å². The van der Waals surface area contributed by atoms with Gasteiger partial charge in [-0.05, 0) is 22.3 Å². The van der Waals surface area contributed by atoms with Crippen LogP contribution in [0.5, 0.6) is 0 Å². The summed E-state index contributed by atoms with van der Waals surface area (Å²) in [4.78, 5) is 23.4. The Morgan fingerprint density at radius 1 is 0.636 bits per heavy atom. The first-order chi connectivity index (χ1) is 10.6. The van der Waals surface area contributed by atoms with Gasteiger partial charge in [-0.1, -0.05) is 48.5 Å². The van der Waals surface area contributed by atoms with E-state index in [4.69, 9.17) is 0 Å². The molecule has 2 bridgehead atoms.